The molecular weight excluding hydrogens is 410 g/mol. The van der Waals surface area contributed by atoms with Crippen LogP contribution in [0.4, 0.5) is 14.5 Å². The van der Waals surface area contributed by atoms with Crippen LogP contribution in [-0.4, -0.2) is 99.2 Å². The largest absolute Gasteiger partial charge is 0.366 e. The molecule has 0 aromatic heterocycles. The summed E-state index contributed by atoms with van der Waals surface area (Å²) < 4.78 is 27.8. The summed E-state index contributed by atoms with van der Waals surface area (Å²) in [6, 6.07) is 3.67. The van der Waals surface area contributed by atoms with E-state index in [0.717, 1.165) is 38.7 Å². The van der Waals surface area contributed by atoms with Crippen molar-refractivity contribution in [2.45, 2.75) is 37.6 Å². The summed E-state index contributed by atoms with van der Waals surface area (Å²) in [5.41, 5.74) is 0.540. The second-order valence-corrected chi connectivity index (χ2v) is 9.55. The summed E-state index contributed by atoms with van der Waals surface area (Å²) in [4.78, 5) is 13.9. The van der Waals surface area contributed by atoms with Crippen molar-refractivity contribution in [3.63, 3.8) is 0 Å². The van der Waals surface area contributed by atoms with E-state index in [4.69, 9.17) is 0 Å². The number of hydrogen-bond acceptors (Lipinski definition) is 4. The Kier molecular flexibility index (Phi) is 7.51. The lowest BCUT2D eigenvalue weighted by molar-refractivity contribution is 0.0169. The highest BCUT2D eigenvalue weighted by Crippen LogP contribution is 2.31. The van der Waals surface area contributed by atoms with Gasteiger partial charge in [-0.15, -0.1) is 0 Å². The zero-order valence-corrected chi connectivity index (χ0v) is 19.6. The molecule has 8 heteroatoms. The molecule has 3 saturated heterocycles. The highest BCUT2D eigenvalue weighted by molar-refractivity contribution is 5.80. The van der Waals surface area contributed by atoms with Crippen molar-refractivity contribution in [3.8, 4) is 0 Å². The van der Waals surface area contributed by atoms with E-state index in [2.05, 4.69) is 32.1 Å². The predicted molar refractivity (Wildman–Crippen MR) is 126 cm³/mol. The van der Waals surface area contributed by atoms with E-state index >= 15 is 0 Å². The van der Waals surface area contributed by atoms with Gasteiger partial charge in [0.05, 0.1) is 5.69 Å². The standard InChI is InChI=1S/C24H38F2N6/c1-27-23(31-16-14-30(15-17-31)22-18-20(25)6-7-21(22)26)28-19-24(8-12-29(2)13-9-24)32-10-4-3-5-11-32/h6-7,18H,3-5,8-17,19H2,1-2H3,(H,27,28). The van der Waals surface area contributed by atoms with Crippen molar-refractivity contribution in [3.05, 3.63) is 29.8 Å². The number of hydrogen-bond donors (Lipinski definition) is 1. The first-order valence-corrected chi connectivity index (χ1v) is 12.1. The molecule has 0 radical (unpaired) electrons. The second kappa shape index (κ2) is 10.3. The SMILES string of the molecule is CN=C(NCC1(N2CCCCC2)CCN(C)CC1)N1CCN(c2cc(F)ccc2F)CC1. The van der Waals surface area contributed by atoms with Crippen LogP contribution in [0.25, 0.3) is 0 Å². The Morgan fingerprint density at radius 2 is 1.66 bits per heavy atom. The first-order chi connectivity index (χ1) is 15.5. The number of piperidine rings is 2. The lowest BCUT2D eigenvalue weighted by atomic mass is 9.84. The van der Waals surface area contributed by atoms with Gasteiger partial charge in [0.1, 0.15) is 11.6 Å². The number of nitrogens with one attached hydrogen (secondary N) is 1. The van der Waals surface area contributed by atoms with E-state index in [-0.39, 0.29) is 11.4 Å². The van der Waals surface area contributed by atoms with Crippen LogP contribution in [-0.2, 0) is 0 Å². The number of nitrogens with zero attached hydrogens (tertiary/aromatic N) is 5. The number of anilines is 1. The highest BCUT2D eigenvalue weighted by atomic mass is 19.1. The Morgan fingerprint density at radius 1 is 0.969 bits per heavy atom. The molecule has 1 aromatic rings. The van der Waals surface area contributed by atoms with E-state index in [1.807, 2.05) is 11.9 Å². The molecular formula is C24H38F2N6. The average Bonchev–Trinajstić information content (AvgIpc) is 2.83. The zero-order valence-electron chi connectivity index (χ0n) is 19.6. The number of piperazine rings is 1. The fourth-order valence-corrected chi connectivity index (χ4v) is 5.47. The van der Waals surface area contributed by atoms with Gasteiger partial charge in [0.2, 0.25) is 0 Å². The molecule has 3 heterocycles. The normalized spacial score (nSPS) is 23.4. The van der Waals surface area contributed by atoms with Gasteiger partial charge in [-0.2, -0.15) is 0 Å². The van der Waals surface area contributed by atoms with Gasteiger partial charge < -0.3 is 20.0 Å². The quantitative estimate of drug-likeness (QED) is 0.566. The lowest BCUT2D eigenvalue weighted by Crippen LogP contribution is -2.63. The number of aliphatic imine (C=N–C) groups is 1. The van der Waals surface area contributed by atoms with Crippen LogP contribution in [0.1, 0.15) is 32.1 Å². The van der Waals surface area contributed by atoms with E-state index in [1.165, 1.54) is 63.4 Å². The Hall–Kier alpha value is -1.93. The van der Waals surface area contributed by atoms with Crippen LogP contribution in [0.2, 0.25) is 0 Å². The van der Waals surface area contributed by atoms with Crippen molar-refractivity contribution < 1.29 is 8.78 Å². The van der Waals surface area contributed by atoms with Gasteiger partial charge in [-0.05, 0) is 71.0 Å². The maximum atomic E-state index is 14.2. The summed E-state index contributed by atoms with van der Waals surface area (Å²) in [5.74, 6) is 0.148. The number of halogens is 2. The molecule has 0 aliphatic carbocycles. The summed E-state index contributed by atoms with van der Waals surface area (Å²) in [5, 5.41) is 3.70. The van der Waals surface area contributed by atoms with Crippen LogP contribution >= 0.6 is 0 Å². The van der Waals surface area contributed by atoms with Crippen molar-refractivity contribution in [2.24, 2.45) is 4.99 Å². The molecule has 0 spiro atoms. The van der Waals surface area contributed by atoms with Gasteiger partial charge in [0, 0.05) is 51.4 Å². The van der Waals surface area contributed by atoms with Crippen LogP contribution in [0.3, 0.4) is 0 Å². The number of rotatable bonds is 4. The summed E-state index contributed by atoms with van der Waals surface area (Å²) in [6.45, 7) is 8.32. The highest BCUT2D eigenvalue weighted by Gasteiger charge is 2.40. The Balaban J connectivity index is 1.37. The molecule has 0 atom stereocenters. The molecule has 0 amide bonds. The maximum Gasteiger partial charge on any atom is 0.193 e. The molecule has 3 aliphatic heterocycles. The Bertz CT molecular complexity index is 779. The molecule has 32 heavy (non-hydrogen) atoms. The topological polar surface area (TPSA) is 37.4 Å². The molecule has 178 valence electrons. The smallest absolute Gasteiger partial charge is 0.193 e. The van der Waals surface area contributed by atoms with Crippen molar-refractivity contribution in [2.75, 3.05) is 77.9 Å². The molecule has 6 nitrogen and oxygen atoms in total. The number of guanidine groups is 1. The van der Waals surface area contributed by atoms with Crippen LogP contribution < -0.4 is 10.2 Å². The Morgan fingerprint density at radius 3 is 2.31 bits per heavy atom. The summed E-state index contributed by atoms with van der Waals surface area (Å²) in [7, 11) is 4.05. The third-order valence-electron chi connectivity index (χ3n) is 7.56. The lowest BCUT2D eigenvalue weighted by Gasteiger charge is -2.50. The minimum atomic E-state index is -0.401. The van der Waals surface area contributed by atoms with E-state index in [0.29, 0.717) is 18.8 Å². The monoisotopic (exact) mass is 448 g/mol. The third kappa shape index (κ3) is 5.17. The molecule has 1 aromatic carbocycles. The zero-order chi connectivity index (χ0) is 22.6. The fourth-order valence-electron chi connectivity index (χ4n) is 5.47. The number of likely N-dealkylation sites (tertiary alicyclic amines) is 2. The van der Waals surface area contributed by atoms with E-state index < -0.39 is 5.82 Å². The fraction of sp³-hybridized carbons (Fsp3) is 0.708. The van der Waals surface area contributed by atoms with Crippen molar-refractivity contribution >= 4 is 11.6 Å². The van der Waals surface area contributed by atoms with E-state index in [9.17, 15) is 8.78 Å². The van der Waals surface area contributed by atoms with Crippen LogP contribution in [0.15, 0.2) is 23.2 Å². The van der Waals surface area contributed by atoms with Gasteiger partial charge in [0.15, 0.2) is 5.96 Å². The molecule has 3 aliphatic rings. The van der Waals surface area contributed by atoms with Crippen LogP contribution in [0, 0.1) is 11.6 Å². The molecule has 3 fully saturated rings. The van der Waals surface area contributed by atoms with E-state index in [1.54, 1.807) is 0 Å². The summed E-state index contributed by atoms with van der Waals surface area (Å²) >= 11 is 0. The molecule has 4 rings (SSSR count). The van der Waals surface area contributed by atoms with Gasteiger partial charge in [0.25, 0.3) is 0 Å². The van der Waals surface area contributed by atoms with Crippen molar-refractivity contribution in [1.29, 1.82) is 0 Å². The van der Waals surface area contributed by atoms with Gasteiger partial charge in [-0.1, -0.05) is 6.42 Å². The van der Waals surface area contributed by atoms with Crippen LogP contribution in [0.5, 0.6) is 0 Å². The third-order valence-corrected chi connectivity index (χ3v) is 7.56. The first kappa shape index (κ1) is 23.2. The molecule has 1 N–H and O–H groups in total. The molecule has 0 bridgehead atoms. The first-order valence-electron chi connectivity index (χ1n) is 12.1. The summed E-state index contributed by atoms with van der Waals surface area (Å²) in [6.07, 6.45) is 6.30. The molecule has 0 saturated carbocycles. The average molecular weight is 449 g/mol. The van der Waals surface area contributed by atoms with Crippen molar-refractivity contribution in [1.82, 2.24) is 20.0 Å². The second-order valence-electron chi connectivity index (χ2n) is 9.55. The van der Waals surface area contributed by atoms with Gasteiger partial charge >= 0.3 is 0 Å². The number of benzene rings is 1. The predicted octanol–water partition coefficient (Wildman–Crippen LogP) is 2.61. The maximum absolute atomic E-state index is 14.2. The molecule has 0 unspecified atom stereocenters. The van der Waals surface area contributed by atoms with Gasteiger partial charge in [-0.3, -0.25) is 9.89 Å². The minimum absolute atomic E-state index is 0.190. The Labute approximate surface area is 191 Å². The minimum Gasteiger partial charge on any atom is -0.366 e. The van der Waals surface area contributed by atoms with Gasteiger partial charge in [-0.25, -0.2) is 8.78 Å².